The van der Waals surface area contributed by atoms with Gasteiger partial charge in [-0.05, 0) is 60.9 Å². The largest absolute Gasteiger partial charge is 0.459 e. The summed E-state index contributed by atoms with van der Waals surface area (Å²) < 4.78 is 6.07. The molecule has 0 bridgehead atoms. The first-order chi connectivity index (χ1) is 15.5. The Kier molecular flexibility index (Phi) is 6.56. The predicted octanol–water partition coefficient (Wildman–Crippen LogP) is 4.96. The quantitative estimate of drug-likeness (QED) is 0.319. The van der Waals surface area contributed by atoms with Crippen molar-refractivity contribution < 1.29 is 14.0 Å². The summed E-state index contributed by atoms with van der Waals surface area (Å²) in [5.74, 6) is -0.722. The highest BCUT2D eigenvalue weighted by atomic mass is 79.9. The third-order valence-electron chi connectivity index (χ3n) is 5.11. The summed E-state index contributed by atoms with van der Waals surface area (Å²) in [4.78, 5) is 28.8. The molecule has 0 unspecified atom stereocenters. The number of amides is 2. The van der Waals surface area contributed by atoms with E-state index in [1.54, 1.807) is 18.2 Å². The monoisotopic (exact) mass is 491 g/mol. The van der Waals surface area contributed by atoms with E-state index in [2.05, 4.69) is 37.6 Å². The normalized spacial score (nSPS) is 11.5. The third kappa shape index (κ3) is 5.00. The van der Waals surface area contributed by atoms with Gasteiger partial charge < -0.3 is 20.0 Å². The van der Waals surface area contributed by atoms with E-state index >= 15 is 0 Å². The second kappa shape index (κ2) is 9.70. The number of carbonyl (C=O) groups is 2. The zero-order valence-electron chi connectivity index (χ0n) is 17.4. The minimum atomic E-state index is -0.485. The molecule has 2 heterocycles. The molecule has 0 saturated heterocycles. The SMILES string of the molecule is Cc1[nH]c2ccccc2c1CCNC(=O)/C(=C/c1ccc(Br)cc1)NC(=O)c1ccco1. The summed E-state index contributed by atoms with van der Waals surface area (Å²) in [5, 5.41) is 6.73. The number of furan rings is 1. The molecule has 4 rings (SSSR count). The summed E-state index contributed by atoms with van der Waals surface area (Å²) in [7, 11) is 0. The first-order valence-electron chi connectivity index (χ1n) is 10.2. The summed E-state index contributed by atoms with van der Waals surface area (Å²) in [6.45, 7) is 2.45. The molecule has 6 nitrogen and oxygen atoms in total. The van der Waals surface area contributed by atoms with Crippen LogP contribution >= 0.6 is 15.9 Å². The smallest absolute Gasteiger partial charge is 0.291 e. The first-order valence-corrected chi connectivity index (χ1v) is 11.0. The number of fused-ring (bicyclic) bond motifs is 1. The van der Waals surface area contributed by atoms with Crippen molar-refractivity contribution in [1.29, 1.82) is 0 Å². The maximum atomic E-state index is 13.0. The van der Waals surface area contributed by atoms with Gasteiger partial charge in [-0.1, -0.05) is 46.3 Å². The van der Waals surface area contributed by atoms with Crippen molar-refractivity contribution in [2.75, 3.05) is 6.54 Å². The number of hydrogen-bond acceptors (Lipinski definition) is 3. The van der Waals surface area contributed by atoms with Crippen LogP contribution in [0, 0.1) is 6.92 Å². The molecule has 4 aromatic rings. The number of benzene rings is 2. The Labute approximate surface area is 193 Å². The lowest BCUT2D eigenvalue weighted by atomic mass is 10.1. The Hall–Kier alpha value is -3.58. The highest BCUT2D eigenvalue weighted by Crippen LogP contribution is 2.22. The summed E-state index contributed by atoms with van der Waals surface area (Å²) in [6.07, 6.45) is 3.72. The van der Waals surface area contributed by atoms with Crippen LogP contribution in [0.25, 0.3) is 17.0 Å². The maximum absolute atomic E-state index is 13.0. The van der Waals surface area contributed by atoms with Crippen LogP contribution in [0.15, 0.2) is 81.5 Å². The van der Waals surface area contributed by atoms with Crippen molar-refractivity contribution in [1.82, 2.24) is 15.6 Å². The van der Waals surface area contributed by atoms with Gasteiger partial charge in [0, 0.05) is 27.6 Å². The minimum absolute atomic E-state index is 0.133. The number of aromatic amines is 1. The molecule has 2 amide bonds. The van der Waals surface area contributed by atoms with Gasteiger partial charge in [-0.2, -0.15) is 0 Å². The van der Waals surface area contributed by atoms with E-state index in [9.17, 15) is 9.59 Å². The standard InChI is InChI=1S/C25H22BrN3O3/c1-16-19(20-5-2-3-6-21(20)28-16)12-13-27-24(30)22(15-17-8-10-18(26)11-9-17)29-25(31)23-7-4-14-32-23/h2-11,14-15,28H,12-13H2,1H3,(H,27,30)(H,29,31)/b22-15-. The maximum Gasteiger partial charge on any atom is 0.291 e. The molecule has 2 aromatic carbocycles. The number of carbonyl (C=O) groups excluding carboxylic acids is 2. The van der Waals surface area contributed by atoms with E-state index in [0.717, 1.165) is 26.6 Å². The molecule has 3 N–H and O–H groups in total. The van der Waals surface area contributed by atoms with Gasteiger partial charge in [-0.15, -0.1) is 0 Å². The van der Waals surface area contributed by atoms with Crippen LogP contribution in [-0.4, -0.2) is 23.3 Å². The molecule has 0 aliphatic heterocycles. The van der Waals surface area contributed by atoms with Gasteiger partial charge in [0.25, 0.3) is 11.8 Å². The van der Waals surface area contributed by atoms with Crippen molar-refractivity contribution >= 4 is 44.7 Å². The Morgan fingerprint density at radius 3 is 2.59 bits per heavy atom. The molecule has 0 spiro atoms. The molecule has 0 aliphatic carbocycles. The van der Waals surface area contributed by atoms with E-state index in [0.29, 0.717) is 13.0 Å². The lowest BCUT2D eigenvalue weighted by molar-refractivity contribution is -0.117. The van der Waals surface area contributed by atoms with E-state index < -0.39 is 5.91 Å². The molecular weight excluding hydrogens is 470 g/mol. The number of H-pyrrole nitrogens is 1. The van der Waals surface area contributed by atoms with Gasteiger partial charge in [-0.25, -0.2) is 0 Å². The molecular formula is C25H22BrN3O3. The molecule has 32 heavy (non-hydrogen) atoms. The van der Waals surface area contributed by atoms with Crippen molar-refractivity contribution in [2.45, 2.75) is 13.3 Å². The minimum Gasteiger partial charge on any atom is -0.459 e. The van der Waals surface area contributed by atoms with Gasteiger partial charge in [0.2, 0.25) is 0 Å². The number of aryl methyl sites for hydroxylation is 1. The van der Waals surface area contributed by atoms with Crippen molar-refractivity contribution in [2.24, 2.45) is 0 Å². The summed E-state index contributed by atoms with van der Waals surface area (Å²) in [5.41, 5.74) is 4.25. The number of rotatable bonds is 7. The van der Waals surface area contributed by atoms with Crippen LogP contribution in [0.4, 0.5) is 0 Å². The molecule has 0 saturated carbocycles. The summed E-state index contributed by atoms with van der Waals surface area (Å²) in [6, 6.07) is 18.7. The van der Waals surface area contributed by atoms with E-state index in [-0.39, 0.29) is 17.4 Å². The fraction of sp³-hybridized carbons (Fsp3) is 0.120. The van der Waals surface area contributed by atoms with Crippen LogP contribution in [0.5, 0.6) is 0 Å². The molecule has 162 valence electrons. The van der Waals surface area contributed by atoms with Crippen molar-refractivity contribution in [3.05, 3.63) is 99.7 Å². The average Bonchev–Trinajstić information content (AvgIpc) is 3.43. The zero-order chi connectivity index (χ0) is 22.5. The van der Waals surface area contributed by atoms with Gasteiger partial charge >= 0.3 is 0 Å². The van der Waals surface area contributed by atoms with Crippen molar-refractivity contribution in [3.8, 4) is 0 Å². The Bertz CT molecular complexity index is 1270. The molecule has 2 aromatic heterocycles. The second-order valence-corrected chi connectivity index (χ2v) is 8.24. The average molecular weight is 492 g/mol. The lowest BCUT2D eigenvalue weighted by Crippen LogP contribution is -2.35. The molecule has 0 atom stereocenters. The number of para-hydroxylation sites is 1. The number of halogens is 1. The van der Waals surface area contributed by atoms with Crippen molar-refractivity contribution in [3.63, 3.8) is 0 Å². The fourth-order valence-corrected chi connectivity index (χ4v) is 3.79. The molecule has 0 fully saturated rings. The van der Waals surface area contributed by atoms with Crippen LogP contribution in [0.1, 0.15) is 27.4 Å². The lowest BCUT2D eigenvalue weighted by Gasteiger charge is -2.11. The van der Waals surface area contributed by atoms with E-state index in [4.69, 9.17) is 4.42 Å². The fourth-order valence-electron chi connectivity index (χ4n) is 3.53. The van der Waals surface area contributed by atoms with Gasteiger partial charge in [-0.3, -0.25) is 9.59 Å². The van der Waals surface area contributed by atoms with Gasteiger partial charge in [0.15, 0.2) is 5.76 Å². The Morgan fingerprint density at radius 1 is 1.06 bits per heavy atom. The Balaban J connectivity index is 1.49. The topological polar surface area (TPSA) is 87.1 Å². The highest BCUT2D eigenvalue weighted by Gasteiger charge is 2.17. The zero-order valence-corrected chi connectivity index (χ0v) is 19.0. The Morgan fingerprint density at radius 2 is 1.84 bits per heavy atom. The van der Waals surface area contributed by atoms with E-state index in [1.165, 1.54) is 11.8 Å². The van der Waals surface area contributed by atoms with E-state index in [1.807, 2.05) is 49.4 Å². The molecule has 7 heteroatoms. The number of aromatic nitrogens is 1. The van der Waals surface area contributed by atoms with Crippen LogP contribution < -0.4 is 10.6 Å². The second-order valence-electron chi connectivity index (χ2n) is 7.32. The number of nitrogens with one attached hydrogen (secondary N) is 3. The van der Waals surface area contributed by atoms with Gasteiger partial charge in [0.05, 0.1) is 6.26 Å². The van der Waals surface area contributed by atoms with Crippen LogP contribution in [-0.2, 0) is 11.2 Å². The van der Waals surface area contributed by atoms with Crippen LogP contribution in [0.2, 0.25) is 0 Å². The number of hydrogen-bond donors (Lipinski definition) is 3. The highest BCUT2D eigenvalue weighted by molar-refractivity contribution is 9.10. The third-order valence-corrected chi connectivity index (χ3v) is 5.64. The first kappa shape index (κ1) is 21.6. The van der Waals surface area contributed by atoms with Crippen LogP contribution in [0.3, 0.4) is 0 Å². The molecule has 0 radical (unpaired) electrons. The predicted molar refractivity (Wildman–Crippen MR) is 128 cm³/mol. The molecule has 0 aliphatic rings. The summed E-state index contributed by atoms with van der Waals surface area (Å²) >= 11 is 3.40. The van der Waals surface area contributed by atoms with Gasteiger partial charge in [0.1, 0.15) is 5.70 Å².